The average molecular weight is 214 g/mol. The molecule has 1 N–H and O–H groups in total. The molecule has 0 amide bonds. The standard InChI is InChI=1S/C15H18O/c1-2-6-14(16)11-13-9-5-8-12-7-3-4-10-15(12)13/h3-5,7-10,14,16H,2,6,11H2,1H3/t14-/m0/s1. The molecular formula is C15H18O. The van der Waals surface area contributed by atoms with Crippen LogP contribution < -0.4 is 0 Å². The molecule has 0 aliphatic carbocycles. The summed E-state index contributed by atoms with van der Waals surface area (Å²) in [4.78, 5) is 0. The highest BCUT2D eigenvalue weighted by atomic mass is 16.3. The minimum absolute atomic E-state index is 0.212. The van der Waals surface area contributed by atoms with Crippen LogP contribution in [0, 0.1) is 0 Å². The lowest BCUT2D eigenvalue weighted by Crippen LogP contribution is -2.09. The molecule has 0 heterocycles. The molecule has 1 heteroatoms. The van der Waals surface area contributed by atoms with Crippen molar-refractivity contribution in [1.29, 1.82) is 0 Å². The molecule has 2 aromatic rings. The number of benzene rings is 2. The van der Waals surface area contributed by atoms with Crippen molar-refractivity contribution in [2.24, 2.45) is 0 Å². The van der Waals surface area contributed by atoms with E-state index in [0.717, 1.165) is 19.3 Å². The van der Waals surface area contributed by atoms with E-state index < -0.39 is 0 Å². The molecule has 0 unspecified atom stereocenters. The highest BCUT2D eigenvalue weighted by molar-refractivity contribution is 5.85. The van der Waals surface area contributed by atoms with Crippen molar-refractivity contribution < 1.29 is 5.11 Å². The third-order valence-electron chi connectivity index (χ3n) is 2.96. The number of rotatable bonds is 4. The van der Waals surface area contributed by atoms with Crippen LogP contribution in [0.25, 0.3) is 10.8 Å². The predicted octanol–water partition coefficient (Wildman–Crippen LogP) is 3.54. The monoisotopic (exact) mass is 214 g/mol. The van der Waals surface area contributed by atoms with E-state index in [-0.39, 0.29) is 6.10 Å². The Balaban J connectivity index is 2.30. The summed E-state index contributed by atoms with van der Waals surface area (Å²) in [6.45, 7) is 2.10. The molecule has 16 heavy (non-hydrogen) atoms. The SMILES string of the molecule is CCC[C@H](O)Cc1cccc2ccccc12. The van der Waals surface area contributed by atoms with E-state index in [1.54, 1.807) is 0 Å². The molecule has 1 atom stereocenters. The first kappa shape index (κ1) is 11.2. The minimum Gasteiger partial charge on any atom is -0.393 e. The van der Waals surface area contributed by atoms with Gasteiger partial charge in [-0.15, -0.1) is 0 Å². The molecule has 2 rings (SSSR count). The maximum absolute atomic E-state index is 9.86. The van der Waals surface area contributed by atoms with Crippen LogP contribution in [0.15, 0.2) is 42.5 Å². The summed E-state index contributed by atoms with van der Waals surface area (Å²) in [6, 6.07) is 14.6. The van der Waals surface area contributed by atoms with Gasteiger partial charge in [0.1, 0.15) is 0 Å². The Labute approximate surface area is 96.7 Å². The first-order valence-corrected chi connectivity index (χ1v) is 5.96. The van der Waals surface area contributed by atoms with Crippen molar-refractivity contribution in [2.75, 3.05) is 0 Å². The lowest BCUT2D eigenvalue weighted by molar-refractivity contribution is 0.164. The fourth-order valence-electron chi connectivity index (χ4n) is 2.16. The molecule has 84 valence electrons. The van der Waals surface area contributed by atoms with Gasteiger partial charge in [-0.3, -0.25) is 0 Å². The zero-order valence-electron chi connectivity index (χ0n) is 9.69. The maximum Gasteiger partial charge on any atom is 0.0580 e. The largest absolute Gasteiger partial charge is 0.393 e. The predicted molar refractivity (Wildman–Crippen MR) is 68.6 cm³/mol. The van der Waals surface area contributed by atoms with E-state index in [9.17, 15) is 5.11 Å². The van der Waals surface area contributed by atoms with Crippen molar-refractivity contribution in [3.05, 3.63) is 48.0 Å². The summed E-state index contributed by atoms with van der Waals surface area (Å²) >= 11 is 0. The van der Waals surface area contributed by atoms with Gasteiger partial charge >= 0.3 is 0 Å². The zero-order valence-corrected chi connectivity index (χ0v) is 9.69. The number of fused-ring (bicyclic) bond motifs is 1. The highest BCUT2D eigenvalue weighted by Crippen LogP contribution is 2.20. The van der Waals surface area contributed by atoms with E-state index in [1.807, 2.05) is 0 Å². The van der Waals surface area contributed by atoms with Crippen LogP contribution in [0.4, 0.5) is 0 Å². The van der Waals surface area contributed by atoms with Crippen LogP contribution in [0.2, 0.25) is 0 Å². The Morgan fingerprint density at radius 2 is 1.81 bits per heavy atom. The summed E-state index contributed by atoms with van der Waals surface area (Å²) < 4.78 is 0. The summed E-state index contributed by atoms with van der Waals surface area (Å²) in [5.74, 6) is 0. The summed E-state index contributed by atoms with van der Waals surface area (Å²) in [6.07, 6.45) is 2.46. The van der Waals surface area contributed by atoms with Gasteiger partial charge in [-0.1, -0.05) is 55.8 Å². The van der Waals surface area contributed by atoms with Crippen LogP contribution >= 0.6 is 0 Å². The second-order valence-corrected chi connectivity index (χ2v) is 4.28. The van der Waals surface area contributed by atoms with Gasteiger partial charge in [-0.05, 0) is 29.2 Å². The Bertz CT molecular complexity index is 456. The van der Waals surface area contributed by atoms with Gasteiger partial charge in [-0.25, -0.2) is 0 Å². The van der Waals surface area contributed by atoms with Gasteiger partial charge in [0.05, 0.1) is 6.10 Å². The molecule has 2 aromatic carbocycles. The van der Waals surface area contributed by atoms with Gasteiger partial charge in [0, 0.05) is 0 Å². The van der Waals surface area contributed by atoms with Crippen molar-refractivity contribution in [2.45, 2.75) is 32.3 Å². The second kappa shape index (κ2) is 5.13. The molecule has 0 aliphatic heterocycles. The average Bonchev–Trinajstić information content (AvgIpc) is 2.30. The molecule has 0 radical (unpaired) electrons. The number of hydrogen-bond acceptors (Lipinski definition) is 1. The van der Waals surface area contributed by atoms with Crippen LogP contribution in [0.1, 0.15) is 25.3 Å². The number of aliphatic hydroxyl groups excluding tert-OH is 1. The van der Waals surface area contributed by atoms with E-state index in [4.69, 9.17) is 0 Å². The molecule has 0 saturated carbocycles. The zero-order chi connectivity index (χ0) is 11.4. The molecule has 0 fully saturated rings. The fourth-order valence-corrected chi connectivity index (χ4v) is 2.16. The Kier molecular flexibility index (Phi) is 3.58. The molecule has 0 spiro atoms. The van der Waals surface area contributed by atoms with Crippen LogP contribution in [0.5, 0.6) is 0 Å². The van der Waals surface area contributed by atoms with Crippen molar-refractivity contribution in [3.63, 3.8) is 0 Å². The van der Waals surface area contributed by atoms with Crippen molar-refractivity contribution in [1.82, 2.24) is 0 Å². The third-order valence-corrected chi connectivity index (χ3v) is 2.96. The van der Waals surface area contributed by atoms with Crippen molar-refractivity contribution >= 4 is 10.8 Å². The van der Waals surface area contributed by atoms with Gasteiger partial charge in [0.2, 0.25) is 0 Å². The van der Waals surface area contributed by atoms with Gasteiger partial charge in [0.25, 0.3) is 0 Å². The lowest BCUT2D eigenvalue weighted by atomic mass is 9.98. The normalized spacial score (nSPS) is 12.9. The van der Waals surface area contributed by atoms with Crippen LogP contribution in [-0.2, 0) is 6.42 Å². The van der Waals surface area contributed by atoms with Crippen molar-refractivity contribution in [3.8, 4) is 0 Å². The molecule has 1 nitrogen and oxygen atoms in total. The number of hydrogen-bond donors (Lipinski definition) is 1. The van der Waals surface area contributed by atoms with Crippen LogP contribution in [-0.4, -0.2) is 11.2 Å². The second-order valence-electron chi connectivity index (χ2n) is 4.28. The summed E-state index contributed by atoms with van der Waals surface area (Å²) in [5.41, 5.74) is 1.25. The van der Waals surface area contributed by atoms with Gasteiger partial charge in [-0.2, -0.15) is 0 Å². The van der Waals surface area contributed by atoms with Crippen LogP contribution in [0.3, 0.4) is 0 Å². The maximum atomic E-state index is 9.86. The molecule has 0 bridgehead atoms. The summed E-state index contributed by atoms with van der Waals surface area (Å²) in [5, 5.41) is 12.4. The Morgan fingerprint density at radius 1 is 1.06 bits per heavy atom. The quantitative estimate of drug-likeness (QED) is 0.825. The Hall–Kier alpha value is -1.34. The van der Waals surface area contributed by atoms with E-state index in [2.05, 4.69) is 49.4 Å². The third kappa shape index (κ3) is 2.42. The fraction of sp³-hybridized carbons (Fsp3) is 0.333. The minimum atomic E-state index is -0.212. The van der Waals surface area contributed by atoms with Gasteiger partial charge < -0.3 is 5.11 Å². The molecule has 0 aliphatic rings. The first-order valence-electron chi connectivity index (χ1n) is 5.96. The number of aliphatic hydroxyl groups is 1. The lowest BCUT2D eigenvalue weighted by Gasteiger charge is -2.11. The topological polar surface area (TPSA) is 20.2 Å². The molecule has 0 aromatic heterocycles. The van der Waals surface area contributed by atoms with Gasteiger partial charge in [0.15, 0.2) is 0 Å². The molecular weight excluding hydrogens is 196 g/mol. The van der Waals surface area contributed by atoms with E-state index in [0.29, 0.717) is 0 Å². The summed E-state index contributed by atoms with van der Waals surface area (Å²) in [7, 11) is 0. The first-order chi connectivity index (χ1) is 7.81. The molecule has 0 saturated heterocycles. The Morgan fingerprint density at radius 3 is 2.62 bits per heavy atom. The van der Waals surface area contributed by atoms with E-state index >= 15 is 0 Å². The smallest absolute Gasteiger partial charge is 0.0580 e. The van der Waals surface area contributed by atoms with E-state index in [1.165, 1.54) is 16.3 Å². The highest BCUT2D eigenvalue weighted by Gasteiger charge is 2.06.